The number of benzene rings is 1. The highest BCUT2D eigenvalue weighted by molar-refractivity contribution is 7.99. The third-order valence-electron chi connectivity index (χ3n) is 4.72. The summed E-state index contributed by atoms with van der Waals surface area (Å²) in [5, 5.41) is 8.47. The van der Waals surface area contributed by atoms with Crippen LogP contribution in [0.25, 0.3) is 0 Å². The van der Waals surface area contributed by atoms with Crippen molar-refractivity contribution in [2.75, 3.05) is 31.9 Å². The minimum Gasteiger partial charge on any atom is -0.339 e. The fraction of sp³-hybridized carbons (Fsp3) is 0.368. The van der Waals surface area contributed by atoms with Gasteiger partial charge in [-0.25, -0.2) is 8.42 Å². The van der Waals surface area contributed by atoms with Gasteiger partial charge < -0.3 is 9.47 Å². The average molecular weight is 450 g/mol. The van der Waals surface area contributed by atoms with Crippen LogP contribution in [0.4, 0.5) is 0 Å². The van der Waals surface area contributed by atoms with Gasteiger partial charge in [0, 0.05) is 38.3 Å². The maximum absolute atomic E-state index is 12.8. The second kappa shape index (κ2) is 9.54. The van der Waals surface area contributed by atoms with E-state index >= 15 is 0 Å². The number of aromatic nitrogens is 3. The lowest BCUT2D eigenvalue weighted by Crippen LogP contribution is -2.51. The van der Waals surface area contributed by atoms with Crippen molar-refractivity contribution in [1.82, 2.24) is 24.0 Å². The molecule has 30 heavy (non-hydrogen) atoms. The number of carbonyl (C=O) groups excluding carboxylic acids is 2. The molecule has 1 aromatic heterocycles. The van der Waals surface area contributed by atoms with Crippen molar-refractivity contribution in [2.45, 2.75) is 23.5 Å². The number of ketones is 1. The van der Waals surface area contributed by atoms with Crippen LogP contribution in [0.3, 0.4) is 0 Å². The fourth-order valence-electron chi connectivity index (χ4n) is 3.03. The van der Waals surface area contributed by atoms with Crippen molar-refractivity contribution in [2.24, 2.45) is 0 Å². The first kappa shape index (κ1) is 22.2. The van der Waals surface area contributed by atoms with Gasteiger partial charge >= 0.3 is 0 Å². The Kier molecular flexibility index (Phi) is 7.06. The number of carbonyl (C=O) groups is 2. The molecule has 0 radical (unpaired) electrons. The number of allylic oxidation sites excluding steroid dienone is 1. The van der Waals surface area contributed by atoms with Crippen molar-refractivity contribution >= 4 is 33.5 Å². The van der Waals surface area contributed by atoms with Crippen LogP contribution >= 0.6 is 11.8 Å². The van der Waals surface area contributed by atoms with E-state index in [2.05, 4.69) is 16.8 Å². The summed E-state index contributed by atoms with van der Waals surface area (Å²) in [5.74, 6) is 0.0115. The standard InChI is InChI=1S/C19H23N5O4S2/c1-3-8-23-14-20-21-19(23)29-13-18(26)22-9-11-24(12-10-22)30(27,28)17-6-4-16(5-7-17)15(2)25/h3-7,14H,1,8-13H2,2H3. The van der Waals surface area contributed by atoms with E-state index in [9.17, 15) is 18.0 Å². The number of rotatable bonds is 8. The molecular weight excluding hydrogens is 426 g/mol. The lowest BCUT2D eigenvalue weighted by atomic mass is 10.2. The Morgan fingerprint density at radius 2 is 1.83 bits per heavy atom. The van der Waals surface area contributed by atoms with E-state index < -0.39 is 10.0 Å². The topological polar surface area (TPSA) is 105 Å². The Bertz CT molecular complexity index is 1030. The Labute approximate surface area is 179 Å². The summed E-state index contributed by atoms with van der Waals surface area (Å²) in [6, 6.07) is 5.91. The van der Waals surface area contributed by atoms with Gasteiger partial charge in [-0.1, -0.05) is 30.0 Å². The molecule has 0 N–H and O–H groups in total. The first-order valence-electron chi connectivity index (χ1n) is 9.33. The summed E-state index contributed by atoms with van der Waals surface area (Å²) >= 11 is 1.29. The normalized spacial score (nSPS) is 15.2. The number of hydrogen-bond donors (Lipinski definition) is 0. The second-order valence-electron chi connectivity index (χ2n) is 6.71. The van der Waals surface area contributed by atoms with Crippen LogP contribution in [0.15, 0.2) is 53.3 Å². The van der Waals surface area contributed by atoms with Gasteiger partial charge in [0.2, 0.25) is 15.9 Å². The molecule has 9 nitrogen and oxygen atoms in total. The highest BCUT2D eigenvalue weighted by Gasteiger charge is 2.30. The minimum absolute atomic E-state index is 0.0731. The summed E-state index contributed by atoms with van der Waals surface area (Å²) in [6.07, 6.45) is 3.31. The third kappa shape index (κ3) is 4.97. The Hall–Kier alpha value is -2.50. The smallest absolute Gasteiger partial charge is 0.243 e. The van der Waals surface area contributed by atoms with Gasteiger partial charge in [0.15, 0.2) is 10.9 Å². The molecule has 11 heteroatoms. The van der Waals surface area contributed by atoms with Crippen molar-refractivity contribution in [1.29, 1.82) is 0 Å². The van der Waals surface area contributed by atoms with Crippen LogP contribution in [-0.4, -0.2) is 76.0 Å². The molecule has 1 aliphatic heterocycles. The van der Waals surface area contributed by atoms with E-state index in [0.29, 0.717) is 30.4 Å². The molecule has 3 rings (SSSR count). The lowest BCUT2D eigenvalue weighted by Gasteiger charge is -2.34. The zero-order chi connectivity index (χ0) is 21.7. The average Bonchev–Trinajstić information content (AvgIpc) is 3.19. The maximum Gasteiger partial charge on any atom is 0.243 e. The third-order valence-corrected chi connectivity index (χ3v) is 7.60. The van der Waals surface area contributed by atoms with Gasteiger partial charge in [0.1, 0.15) is 6.33 Å². The summed E-state index contributed by atoms with van der Waals surface area (Å²) in [7, 11) is -3.67. The van der Waals surface area contributed by atoms with E-state index in [1.54, 1.807) is 21.9 Å². The first-order chi connectivity index (χ1) is 14.3. The van der Waals surface area contributed by atoms with Gasteiger partial charge in [-0.05, 0) is 19.1 Å². The molecule has 1 fully saturated rings. The predicted molar refractivity (Wildman–Crippen MR) is 113 cm³/mol. The first-order valence-corrected chi connectivity index (χ1v) is 11.8. The molecule has 0 spiro atoms. The SMILES string of the molecule is C=CCn1cnnc1SCC(=O)N1CCN(S(=O)(=O)c2ccc(C(C)=O)cc2)CC1. The molecule has 1 amide bonds. The van der Waals surface area contributed by atoms with Gasteiger partial charge in [0.05, 0.1) is 10.6 Å². The maximum atomic E-state index is 12.8. The van der Waals surface area contributed by atoms with Crippen LogP contribution in [0, 0.1) is 0 Å². The number of thioether (sulfide) groups is 1. The number of hydrogen-bond acceptors (Lipinski definition) is 7. The molecule has 0 aliphatic carbocycles. The lowest BCUT2D eigenvalue weighted by molar-refractivity contribution is -0.129. The number of Topliss-reactive ketones (excluding diaryl/α,β-unsaturated/α-hetero) is 1. The van der Waals surface area contributed by atoms with Gasteiger partial charge in [-0.2, -0.15) is 4.31 Å². The predicted octanol–water partition coefficient (Wildman–Crippen LogP) is 1.29. The summed E-state index contributed by atoms with van der Waals surface area (Å²) in [5.41, 5.74) is 0.464. The number of piperazine rings is 1. The van der Waals surface area contributed by atoms with Crippen LogP contribution in [-0.2, 0) is 21.4 Å². The van der Waals surface area contributed by atoms with Crippen molar-refractivity contribution in [3.8, 4) is 0 Å². The van der Waals surface area contributed by atoms with E-state index in [1.807, 2.05) is 0 Å². The molecule has 0 atom stereocenters. The molecule has 2 aromatic rings. The minimum atomic E-state index is -3.67. The molecule has 0 saturated carbocycles. The molecule has 1 saturated heterocycles. The molecule has 0 unspecified atom stereocenters. The Morgan fingerprint density at radius 1 is 1.17 bits per heavy atom. The monoisotopic (exact) mass is 449 g/mol. The van der Waals surface area contributed by atoms with E-state index in [4.69, 9.17) is 0 Å². The zero-order valence-electron chi connectivity index (χ0n) is 16.6. The van der Waals surface area contributed by atoms with Crippen LogP contribution in [0.2, 0.25) is 0 Å². The van der Waals surface area contributed by atoms with Gasteiger partial charge in [-0.3, -0.25) is 9.59 Å². The van der Waals surface area contributed by atoms with Crippen LogP contribution < -0.4 is 0 Å². The summed E-state index contributed by atoms with van der Waals surface area (Å²) in [4.78, 5) is 25.7. The number of sulfonamides is 1. The van der Waals surface area contributed by atoms with E-state index in [1.165, 1.54) is 47.3 Å². The van der Waals surface area contributed by atoms with E-state index in [0.717, 1.165) is 0 Å². The largest absolute Gasteiger partial charge is 0.339 e. The molecule has 2 heterocycles. The van der Waals surface area contributed by atoms with Gasteiger partial charge in [0.25, 0.3) is 0 Å². The van der Waals surface area contributed by atoms with Crippen molar-refractivity contribution in [3.63, 3.8) is 0 Å². The number of amides is 1. The molecule has 1 aromatic carbocycles. The number of nitrogens with zero attached hydrogens (tertiary/aromatic N) is 5. The zero-order valence-corrected chi connectivity index (χ0v) is 18.2. The van der Waals surface area contributed by atoms with Gasteiger partial charge in [-0.15, -0.1) is 16.8 Å². The van der Waals surface area contributed by atoms with Crippen LogP contribution in [0.5, 0.6) is 0 Å². The molecule has 1 aliphatic rings. The fourth-order valence-corrected chi connectivity index (χ4v) is 5.28. The van der Waals surface area contributed by atoms with Crippen molar-refractivity contribution < 1.29 is 18.0 Å². The Balaban J connectivity index is 1.55. The Morgan fingerprint density at radius 3 is 2.43 bits per heavy atom. The van der Waals surface area contributed by atoms with Crippen molar-refractivity contribution in [3.05, 3.63) is 48.8 Å². The second-order valence-corrected chi connectivity index (χ2v) is 9.59. The molecule has 0 bridgehead atoms. The highest BCUT2D eigenvalue weighted by Crippen LogP contribution is 2.20. The summed E-state index contributed by atoms with van der Waals surface area (Å²) < 4.78 is 28.8. The van der Waals surface area contributed by atoms with Crippen LogP contribution in [0.1, 0.15) is 17.3 Å². The molecule has 160 valence electrons. The molecular formula is C19H23N5O4S2. The van der Waals surface area contributed by atoms with E-state index in [-0.39, 0.29) is 35.4 Å². The summed E-state index contributed by atoms with van der Waals surface area (Å²) in [6.45, 7) is 6.76. The highest BCUT2D eigenvalue weighted by atomic mass is 32.2. The quantitative estimate of drug-likeness (QED) is 0.340.